The number of hydrogen-bond donors (Lipinski definition) is 4. The van der Waals surface area contributed by atoms with Crippen LogP contribution in [0, 0.1) is 68.0 Å². The van der Waals surface area contributed by atoms with E-state index in [2.05, 4.69) is 115 Å². The molecular weight excluding hydrogens is 1600 g/mol. The first-order chi connectivity index (χ1) is 55.0. The number of nitrogens with one attached hydrogen (secondary N) is 2. The van der Waals surface area contributed by atoms with Gasteiger partial charge in [0, 0.05) is 93.6 Å². The Hall–Kier alpha value is -7.41. The summed E-state index contributed by atoms with van der Waals surface area (Å²) in [6, 6.07) is 0. The van der Waals surface area contributed by atoms with Crippen molar-refractivity contribution < 1.29 is 70.2 Å². The van der Waals surface area contributed by atoms with Gasteiger partial charge in [-0.05, 0) is 244 Å². The summed E-state index contributed by atoms with van der Waals surface area (Å²) in [6.07, 6.45) is 38.6. The number of sulfonamides is 1. The molecule has 0 saturated heterocycles. The van der Waals surface area contributed by atoms with Crippen molar-refractivity contribution in [2.75, 3.05) is 61.0 Å². The highest BCUT2D eigenvalue weighted by molar-refractivity contribution is 7.95. The van der Waals surface area contributed by atoms with E-state index in [1.165, 1.54) is 61.1 Å². The summed E-state index contributed by atoms with van der Waals surface area (Å²) in [4.78, 5) is 105. The first-order valence-electron chi connectivity index (χ1n) is 42.4. The third-order valence-electron chi connectivity index (χ3n) is 15.4. The summed E-state index contributed by atoms with van der Waals surface area (Å²) in [5.41, 5.74) is 2.10. The number of aliphatic hydroxyl groups excluding tert-OH is 2. The van der Waals surface area contributed by atoms with E-state index in [0.29, 0.717) is 31.6 Å². The van der Waals surface area contributed by atoms with Crippen molar-refractivity contribution in [1.82, 2.24) is 24.7 Å². The number of β-amino-alcohol motifs (C(OH)–C–C–N with tert-alkyl or cyclic N) is 1. The molecule has 124 heavy (non-hydrogen) atoms. The van der Waals surface area contributed by atoms with Gasteiger partial charge < -0.3 is 30.2 Å². The zero-order valence-electron chi connectivity index (χ0n) is 85.9. The molecule has 0 aliphatic heterocycles. The molecule has 2 aliphatic rings. The Morgan fingerprint density at radius 2 is 0.871 bits per heavy atom. The van der Waals surface area contributed by atoms with Gasteiger partial charge in [0.2, 0.25) is 33.4 Å². The first-order valence-corrected chi connectivity index (χ1v) is 45.5. The van der Waals surface area contributed by atoms with Crippen LogP contribution in [0.15, 0.2) is 134 Å². The van der Waals surface area contributed by atoms with E-state index < -0.39 is 30.1 Å². The smallest absolute Gasteiger partial charge is 0.246 e. The van der Waals surface area contributed by atoms with Crippen molar-refractivity contribution in [2.45, 2.75) is 335 Å². The number of terminal acetylenes is 2. The lowest BCUT2D eigenvalue weighted by molar-refractivity contribution is -0.131. The largest absolute Gasteiger partial charge is 0.396 e. The Bertz CT molecular complexity index is 3750. The molecule has 2 rings (SSSR count). The maximum atomic E-state index is 11.6. The van der Waals surface area contributed by atoms with Gasteiger partial charge in [-0.25, -0.2) is 21.6 Å². The summed E-state index contributed by atoms with van der Waals surface area (Å²) >= 11 is 0. The molecule has 0 atom stereocenters. The lowest BCUT2D eigenvalue weighted by atomic mass is 9.79. The standard InChI is InChI=1S/C12H20.C11H21NO.C10H19NO.C10H16O.C9H17NO2.C9H16O2.C8H12O.C7H13NO.C7H12O.C7H10O.C6H13NO2S.C6H12O2S/c1-10(12(2,3)4)11-8-6-5-7-9-11;1-11(2,3)9-10(13)7-6-8-12(4)5;1-10(2,3)9(12)7-6-8-11(4)5;1-10(2,3)9(11)8-6-4-5-7-8;1-5-8(12)10(6-7-11)9(2,3)4;1-9(2,3)8(11)6-4-5-7-10;1-5-7(9)6-8(2,3)4;1-5-6(9)8-7(2,3)4;2*1-5-6(8)7(2,3)4;1-5-10(8,9)7-6(2,3)4;1-5-9(7,8)6(2,3)4/h8H,1,5-7,9H2,2-4H3;6-7H,8-9H2,1-5H3;6-7H,8H2,1-5H3;6H,4-5,7H2,1-3H3;5,11H,1,6-7H2,2-4H3;4,6,10H,5,7H2,1-3H3;1H,6H2,2-4H3;5H,1H2,2-4H3,(H,8,9);5H,1H2,2-4H3;1H,2-4H3;5,7H,1H2,2-4H3;5H,1H2,2-4H3/b;2*7-6+;;;6-4+;;;;;;. The van der Waals surface area contributed by atoms with Crippen molar-refractivity contribution in [3.63, 3.8) is 0 Å². The molecule has 2 aliphatic carbocycles. The van der Waals surface area contributed by atoms with Gasteiger partial charge in [-0.2, -0.15) is 0 Å². The molecule has 22 heteroatoms. The molecule has 0 fully saturated rings. The summed E-state index contributed by atoms with van der Waals surface area (Å²) < 4.78 is 45.1. The summed E-state index contributed by atoms with van der Waals surface area (Å²) in [5, 5.41) is 21.7. The summed E-state index contributed by atoms with van der Waals surface area (Å²) in [7, 11) is 1.59. The van der Waals surface area contributed by atoms with Gasteiger partial charge >= 0.3 is 0 Å². The van der Waals surface area contributed by atoms with Gasteiger partial charge in [-0.15, -0.1) is 12.8 Å². The van der Waals surface area contributed by atoms with Crippen LogP contribution in [0.3, 0.4) is 0 Å². The fraction of sp³-hybridized carbons (Fsp3) is 0.657. The van der Waals surface area contributed by atoms with Crippen molar-refractivity contribution in [2.24, 2.45) is 43.3 Å². The van der Waals surface area contributed by atoms with Crippen molar-refractivity contribution in [1.29, 1.82) is 0 Å². The molecule has 0 aromatic carbocycles. The van der Waals surface area contributed by atoms with Crippen LogP contribution in [0.2, 0.25) is 0 Å². The minimum absolute atomic E-state index is 0.0170. The lowest BCUT2D eigenvalue weighted by Gasteiger charge is -2.34. The predicted molar refractivity (Wildman–Crippen MR) is 529 cm³/mol. The van der Waals surface area contributed by atoms with Crippen LogP contribution >= 0.6 is 0 Å². The maximum absolute atomic E-state index is 11.6. The SMILES string of the molecule is C#CC(=O)C(C)(C)C.C#CC(=O)CC(C)(C)C.C=C(C1=CCCCC1)C(C)(C)C.C=CC(=O)C(C)(C)C.C=CC(=O)N(CCO)C(C)(C)C.C=CC(=O)NC(C)(C)C.C=CS(=O)(=O)C(C)(C)C.C=CS(=O)(=O)NC(C)(C)C.CC(C)(C)C(=O)/C=C/CCO.CC(C)(C)C(=O)C1=CCCC1.CN(C)C/C=C/C(=O)C(C)(C)C.CN(C)C/C=C/C(=O)CC(C)(C)C. The van der Waals surface area contributed by atoms with Gasteiger partial charge in [0.25, 0.3) is 0 Å². The van der Waals surface area contributed by atoms with Crippen LogP contribution in [0.5, 0.6) is 0 Å². The summed E-state index contributed by atoms with van der Waals surface area (Å²) in [5.74, 6) is 4.56. The van der Waals surface area contributed by atoms with Crippen LogP contribution in [-0.2, 0) is 63.0 Å². The number of carbonyl (C=O) groups excluding carboxylic acids is 9. The number of likely N-dealkylation sites (N-methyl/N-ethyl adjacent to an activating group) is 2. The molecule has 716 valence electrons. The zero-order chi connectivity index (χ0) is 101. The highest BCUT2D eigenvalue weighted by Gasteiger charge is 2.29. The Kier molecular flexibility index (Phi) is 71.1. The number of sulfone groups is 1. The minimum Gasteiger partial charge on any atom is -0.396 e. The topological polar surface area (TPSA) is 296 Å². The fourth-order valence-electron chi connectivity index (χ4n) is 8.25. The second-order valence-electron chi connectivity index (χ2n) is 42.8. The average molecular weight is 1780 g/mol. The van der Waals surface area contributed by atoms with E-state index >= 15 is 0 Å². The van der Waals surface area contributed by atoms with E-state index in [9.17, 15) is 60.0 Å². The third-order valence-corrected chi connectivity index (χ3v) is 18.9. The van der Waals surface area contributed by atoms with Gasteiger partial charge in [-0.3, -0.25) is 43.2 Å². The zero-order valence-corrected chi connectivity index (χ0v) is 87.5. The van der Waals surface area contributed by atoms with Crippen LogP contribution in [-0.4, -0.2) is 176 Å². The quantitative estimate of drug-likeness (QED) is 0.0472. The highest BCUT2D eigenvalue weighted by Crippen LogP contribution is 2.35. The number of rotatable bonds is 21. The van der Waals surface area contributed by atoms with E-state index in [1.807, 2.05) is 196 Å². The second-order valence-corrected chi connectivity index (χ2v) is 47.1. The number of nitrogens with zero attached hydrogens (tertiary/aromatic N) is 3. The molecule has 2 amide bonds. The number of Topliss-reactive ketones (excluding diaryl/α,β-unsaturated/α-hetero) is 3. The molecule has 0 bridgehead atoms. The fourth-order valence-corrected chi connectivity index (χ4v) is 9.68. The monoisotopic (exact) mass is 1780 g/mol. The number of carbonyl (C=O) groups is 9. The van der Waals surface area contributed by atoms with Crippen molar-refractivity contribution >= 4 is 72.2 Å². The molecule has 0 aromatic heterocycles. The molecule has 4 N–H and O–H groups in total. The molecule has 0 unspecified atom stereocenters. The number of ketones is 7. The Labute approximate surface area is 760 Å². The Morgan fingerprint density at radius 1 is 0.468 bits per heavy atom. The third kappa shape index (κ3) is 90.8. The van der Waals surface area contributed by atoms with Crippen LogP contribution in [0.4, 0.5) is 0 Å². The summed E-state index contributed by atoms with van der Waals surface area (Å²) in [6.45, 7) is 91.8. The minimum atomic E-state index is -3.26. The number of hydrogen-bond acceptors (Lipinski definition) is 17. The van der Waals surface area contributed by atoms with Crippen LogP contribution < -0.4 is 10.0 Å². The molecule has 0 radical (unpaired) electrons. The lowest BCUT2D eigenvalue weighted by Crippen LogP contribution is -2.46. The van der Waals surface area contributed by atoms with Gasteiger partial charge in [0.05, 0.1) is 11.4 Å². The van der Waals surface area contributed by atoms with Crippen LogP contribution in [0.25, 0.3) is 0 Å². The molecule has 0 spiro atoms. The van der Waals surface area contributed by atoms with E-state index in [-0.39, 0.29) is 114 Å². The average Bonchev–Trinajstić information content (AvgIpc) is 1.81. The van der Waals surface area contributed by atoms with Crippen LogP contribution in [0.1, 0.15) is 313 Å². The highest BCUT2D eigenvalue weighted by atomic mass is 32.2. The first kappa shape index (κ1) is 137. The second kappa shape index (κ2) is 64.3. The Balaban J connectivity index is -0.000000143. The van der Waals surface area contributed by atoms with Crippen molar-refractivity contribution in [3.05, 3.63) is 134 Å². The molecule has 20 nitrogen and oxygen atoms in total. The molecule has 0 heterocycles. The van der Waals surface area contributed by atoms with Gasteiger partial charge in [0.1, 0.15) is 0 Å². The molecule has 0 saturated carbocycles. The van der Waals surface area contributed by atoms with E-state index in [0.717, 1.165) is 48.7 Å². The number of aliphatic hydroxyl groups is 2. The maximum Gasteiger partial charge on any atom is 0.246 e. The van der Waals surface area contributed by atoms with E-state index in [1.54, 1.807) is 85.4 Å². The van der Waals surface area contributed by atoms with Crippen molar-refractivity contribution in [3.8, 4) is 24.7 Å². The normalized spacial score (nSPS) is 13.1. The van der Waals surface area contributed by atoms with Gasteiger partial charge in [0.15, 0.2) is 38.8 Å². The number of allylic oxidation sites excluding steroid dienone is 9. The Morgan fingerprint density at radius 3 is 1.08 bits per heavy atom. The number of amides is 2. The van der Waals surface area contributed by atoms with E-state index in [4.69, 9.17) is 23.1 Å². The predicted octanol–water partition coefficient (Wildman–Crippen LogP) is 20.9. The van der Waals surface area contributed by atoms with Gasteiger partial charge in [-0.1, -0.05) is 236 Å². The molecular formula is C102H181N5O15S2. The molecule has 0 aromatic rings.